The van der Waals surface area contributed by atoms with Crippen molar-refractivity contribution in [2.75, 3.05) is 19.6 Å². The van der Waals surface area contributed by atoms with Crippen LogP contribution in [0.4, 0.5) is 0 Å². The van der Waals surface area contributed by atoms with Crippen LogP contribution >= 0.6 is 0 Å². The Kier molecular flexibility index (Phi) is 5.62. The van der Waals surface area contributed by atoms with E-state index in [1.165, 1.54) is 32.2 Å². The van der Waals surface area contributed by atoms with Gasteiger partial charge < -0.3 is 5.73 Å². The first-order valence-corrected chi connectivity index (χ1v) is 6.67. The number of nitrogens with zero attached hydrogens (tertiary/aromatic N) is 1. The Morgan fingerprint density at radius 1 is 1.33 bits per heavy atom. The van der Waals surface area contributed by atoms with Crippen LogP contribution in [0.1, 0.15) is 46.5 Å². The molecule has 2 heteroatoms. The predicted octanol–water partition coefficient (Wildman–Crippen LogP) is 2.48. The molecule has 0 aromatic heterocycles. The van der Waals surface area contributed by atoms with Crippen LogP contribution in [0.5, 0.6) is 0 Å². The van der Waals surface area contributed by atoms with Crippen LogP contribution in [0.3, 0.4) is 0 Å². The Labute approximate surface area is 95.2 Å². The average Bonchev–Trinajstić information content (AvgIpc) is 3.01. The zero-order valence-electron chi connectivity index (χ0n) is 10.7. The summed E-state index contributed by atoms with van der Waals surface area (Å²) in [5.41, 5.74) is 5.93. The minimum Gasteiger partial charge on any atom is -0.329 e. The topological polar surface area (TPSA) is 29.3 Å². The number of rotatable bonds is 8. The van der Waals surface area contributed by atoms with Gasteiger partial charge in [-0.1, -0.05) is 27.2 Å². The van der Waals surface area contributed by atoms with E-state index in [0.29, 0.717) is 6.04 Å². The van der Waals surface area contributed by atoms with Gasteiger partial charge in [-0.05, 0) is 37.6 Å². The molecule has 0 radical (unpaired) electrons. The van der Waals surface area contributed by atoms with Gasteiger partial charge in [0.15, 0.2) is 0 Å². The summed E-state index contributed by atoms with van der Waals surface area (Å²) in [6.07, 6.45) is 5.47. The summed E-state index contributed by atoms with van der Waals surface area (Å²) in [5.74, 6) is 1.73. The molecule has 0 amide bonds. The molecule has 1 saturated carbocycles. The van der Waals surface area contributed by atoms with Gasteiger partial charge in [0.05, 0.1) is 0 Å². The van der Waals surface area contributed by atoms with Gasteiger partial charge in [-0.3, -0.25) is 4.90 Å². The number of likely N-dealkylation sites (N-methyl/N-ethyl adjacent to an activating group) is 1. The molecule has 0 heterocycles. The molecule has 2 nitrogen and oxygen atoms in total. The van der Waals surface area contributed by atoms with Gasteiger partial charge in [-0.25, -0.2) is 0 Å². The highest BCUT2D eigenvalue weighted by atomic mass is 15.2. The highest BCUT2D eigenvalue weighted by molar-refractivity contribution is 4.83. The molecular weight excluding hydrogens is 184 g/mol. The van der Waals surface area contributed by atoms with Crippen molar-refractivity contribution < 1.29 is 0 Å². The molecule has 0 saturated heterocycles. The molecule has 0 aromatic carbocycles. The fraction of sp³-hybridized carbons (Fsp3) is 1.00. The second-order valence-corrected chi connectivity index (χ2v) is 5.10. The SMILES string of the molecule is CCCC(C)C(CN)N(CC)CC1CC1. The lowest BCUT2D eigenvalue weighted by Crippen LogP contribution is -2.45. The molecule has 1 rings (SSSR count). The number of hydrogen-bond acceptors (Lipinski definition) is 2. The van der Waals surface area contributed by atoms with E-state index in [2.05, 4.69) is 25.7 Å². The molecule has 1 aliphatic carbocycles. The maximum absolute atomic E-state index is 5.93. The van der Waals surface area contributed by atoms with Crippen LogP contribution in [0.15, 0.2) is 0 Å². The fourth-order valence-electron chi connectivity index (χ4n) is 2.52. The van der Waals surface area contributed by atoms with Crippen LogP contribution in [0.25, 0.3) is 0 Å². The minimum atomic E-state index is 0.607. The summed E-state index contributed by atoms with van der Waals surface area (Å²) in [6.45, 7) is 10.2. The molecule has 90 valence electrons. The molecule has 0 bridgehead atoms. The lowest BCUT2D eigenvalue weighted by atomic mass is 9.95. The summed E-state index contributed by atoms with van der Waals surface area (Å²) in [4.78, 5) is 2.61. The summed E-state index contributed by atoms with van der Waals surface area (Å²) in [6, 6.07) is 0.607. The molecule has 15 heavy (non-hydrogen) atoms. The van der Waals surface area contributed by atoms with E-state index in [1.54, 1.807) is 0 Å². The normalized spacial score (nSPS) is 20.6. The molecule has 0 aromatic rings. The van der Waals surface area contributed by atoms with Crippen LogP contribution < -0.4 is 5.73 Å². The summed E-state index contributed by atoms with van der Waals surface area (Å²) in [7, 11) is 0. The van der Waals surface area contributed by atoms with E-state index in [1.807, 2.05) is 0 Å². The lowest BCUT2D eigenvalue weighted by Gasteiger charge is -2.34. The van der Waals surface area contributed by atoms with E-state index < -0.39 is 0 Å². The Balaban J connectivity index is 2.43. The third-order valence-electron chi connectivity index (χ3n) is 3.71. The number of hydrogen-bond donors (Lipinski definition) is 1. The van der Waals surface area contributed by atoms with Crippen molar-refractivity contribution >= 4 is 0 Å². The van der Waals surface area contributed by atoms with Gasteiger partial charge in [0.2, 0.25) is 0 Å². The van der Waals surface area contributed by atoms with Gasteiger partial charge in [0, 0.05) is 19.1 Å². The number of nitrogens with two attached hydrogens (primary N) is 1. The van der Waals surface area contributed by atoms with E-state index in [9.17, 15) is 0 Å². The van der Waals surface area contributed by atoms with E-state index in [-0.39, 0.29) is 0 Å². The van der Waals surface area contributed by atoms with Crippen molar-refractivity contribution in [3.05, 3.63) is 0 Å². The standard InChI is InChI=1S/C13H28N2/c1-4-6-11(3)13(9-14)15(5-2)10-12-7-8-12/h11-13H,4-10,14H2,1-3H3. The van der Waals surface area contributed by atoms with Crippen molar-refractivity contribution in [2.45, 2.75) is 52.5 Å². The highest BCUT2D eigenvalue weighted by Crippen LogP contribution is 2.31. The summed E-state index contributed by atoms with van der Waals surface area (Å²) >= 11 is 0. The van der Waals surface area contributed by atoms with Crippen molar-refractivity contribution in [3.63, 3.8) is 0 Å². The average molecular weight is 212 g/mol. The first kappa shape index (κ1) is 13.0. The summed E-state index contributed by atoms with van der Waals surface area (Å²) < 4.78 is 0. The van der Waals surface area contributed by atoms with Crippen molar-refractivity contribution in [2.24, 2.45) is 17.6 Å². The Hall–Kier alpha value is -0.0800. The zero-order chi connectivity index (χ0) is 11.3. The van der Waals surface area contributed by atoms with E-state index >= 15 is 0 Å². The Morgan fingerprint density at radius 3 is 2.40 bits per heavy atom. The minimum absolute atomic E-state index is 0.607. The third kappa shape index (κ3) is 4.12. The van der Waals surface area contributed by atoms with Crippen LogP contribution in [0.2, 0.25) is 0 Å². The zero-order valence-corrected chi connectivity index (χ0v) is 10.7. The molecule has 0 spiro atoms. The molecule has 2 atom stereocenters. The first-order chi connectivity index (χ1) is 7.22. The molecule has 1 fully saturated rings. The van der Waals surface area contributed by atoms with Gasteiger partial charge >= 0.3 is 0 Å². The van der Waals surface area contributed by atoms with Crippen LogP contribution in [0, 0.1) is 11.8 Å². The van der Waals surface area contributed by atoms with E-state index in [0.717, 1.165) is 24.9 Å². The van der Waals surface area contributed by atoms with Crippen molar-refractivity contribution in [1.29, 1.82) is 0 Å². The molecule has 0 aliphatic heterocycles. The third-order valence-corrected chi connectivity index (χ3v) is 3.71. The highest BCUT2D eigenvalue weighted by Gasteiger charge is 2.28. The Bertz CT molecular complexity index is 166. The maximum Gasteiger partial charge on any atom is 0.0243 e. The van der Waals surface area contributed by atoms with Crippen LogP contribution in [-0.2, 0) is 0 Å². The van der Waals surface area contributed by atoms with Gasteiger partial charge in [0.25, 0.3) is 0 Å². The van der Waals surface area contributed by atoms with Crippen LogP contribution in [-0.4, -0.2) is 30.6 Å². The van der Waals surface area contributed by atoms with E-state index in [4.69, 9.17) is 5.73 Å². The van der Waals surface area contributed by atoms with Crippen molar-refractivity contribution in [1.82, 2.24) is 4.90 Å². The smallest absolute Gasteiger partial charge is 0.0243 e. The predicted molar refractivity (Wildman–Crippen MR) is 66.9 cm³/mol. The maximum atomic E-state index is 5.93. The molecule has 2 unspecified atom stereocenters. The first-order valence-electron chi connectivity index (χ1n) is 6.67. The second-order valence-electron chi connectivity index (χ2n) is 5.10. The quantitative estimate of drug-likeness (QED) is 0.670. The Morgan fingerprint density at radius 2 is 2.00 bits per heavy atom. The second kappa shape index (κ2) is 6.49. The largest absolute Gasteiger partial charge is 0.329 e. The lowest BCUT2D eigenvalue weighted by molar-refractivity contribution is 0.148. The molecule has 1 aliphatic rings. The van der Waals surface area contributed by atoms with Gasteiger partial charge in [0.1, 0.15) is 0 Å². The molecule has 2 N–H and O–H groups in total. The van der Waals surface area contributed by atoms with Crippen molar-refractivity contribution in [3.8, 4) is 0 Å². The molecular formula is C13H28N2. The summed E-state index contributed by atoms with van der Waals surface area (Å²) in [5, 5.41) is 0. The fourth-order valence-corrected chi connectivity index (χ4v) is 2.52. The van der Waals surface area contributed by atoms with Gasteiger partial charge in [-0.2, -0.15) is 0 Å². The van der Waals surface area contributed by atoms with Gasteiger partial charge in [-0.15, -0.1) is 0 Å². The monoisotopic (exact) mass is 212 g/mol.